The molecule has 0 aromatic rings. The number of nitrogens with zero attached hydrogens (tertiary/aromatic N) is 2. The van der Waals surface area contributed by atoms with E-state index in [4.69, 9.17) is 9.47 Å². The maximum absolute atomic E-state index is 12.0. The van der Waals surface area contributed by atoms with Crippen LogP contribution in [0.2, 0.25) is 0 Å². The molecule has 0 aromatic carbocycles. The monoisotopic (exact) mass is 278 g/mol. The molecule has 2 aliphatic heterocycles. The average molecular weight is 278 g/mol. The highest BCUT2D eigenvalue weighted by molar-refractivity contribution is 5.98. The van der Waals surface area contributed by atoms with E-state index in [9.17, 15) is 4.79 Å². The Kier molecular flexibility index (Phi) is 3.88. The van der Waals surface area contributed by atoms with Crippen molar-refractivity contribution in [1.29, 1.82) is 0 Å². The summed E-state index contributed by atoms with van der Waals surface area (Å²) in [5, 5.41) is 0. The number of carbonyl (C=O) groups excluding carboxylic acids is 1. The molecular weight excluding hydrogens is 256 g/mol. The Bertz CT molecular complexity index is 493. The van der Waals surface area contributed by atoms with Gasteiger partial charge in [0.05, 0.1) is 20.8 Å². The number of aliphatic imine (C=N–C) groups is 1. The summed E-state index contributed by atoms with van der Waals surface area (Å²) in [5.74, 6) is 1.60. The summed E-state index contributed by atoms with van der Waals surface area (Å²) < 4.78 is 11.0. The molecule has 2 aliphatic rings. The van der Waals surface area contributed by atoms with Gasteiger partial charge in [0.25, 0.3) is 0 Å². The molecule has 1 unspecified atom stereocenters. The molecule has 110 valence electrons. The Morgan fingerprint density at radius 1 is 1.45 bits per heavy atom. The summed E-state index contributed by atoms with van der Waals surface area (Å²) in [6.45, 7) is 8.22. The lowest BCUT2D eigenvalue weighted by Gasteiger charge is -2.42. The minimum Gasteiger partial charge on any atom is -0.482 e. The minimum atomic E-state index is -0.572. The van der Waals surface area contributed by atoms with Crippen molar-refractivity contribution in [3.63, 3.8) is 0 Å². The molecule has 2 heterocycles. The highest BCUT2D eigenvalue weighted by atomic mass is 16.5. The fraction of sp³-hybridized carbons (Fsp3) is 0.600. The van der Waals surface area contributed by atoms with E-state index in [-0.39, 0.29) is 11.7 Å². The smallest absolute Gasteiger partial charge is 0.215 e. The predicted molar refractivity (Wildman–Crippen MR) is 77.2 cm³/mol. The number of ether oxygens (including phenoxy) is 2. The van der Waals surface area contributed by atoms with Crippen LogP contribution in [-0.2, 0) is 14.3 Å². The van der Waals surface area contributed by atoms with Crippen LogP contribution in [0.3, 0.4) is 0 Å². The minimum absolute atomic E-state index is 0.163. The fourth-order valence-corrected chi connectivity index (χ4v) is 3.00. The van der Waals surface area contributed by atoms with E-state index in [0.29, 0.717) is 31.2 Å². The first-order valence-electron chi connectivity index (χ1n) is 6.81. The summed E-state index contributed by atoms with van der Waals surface area (Å²) in [5.41, 5.74) is 0.246. The second kappa shape index (κ2) is 5.31. The van der Waals surface area contributed by atoms with Gasteiger partial charge in [0, 0.05) is 12.3 Å². The van der Waals surface area contributed by atoms with Gasteiger partial charge in [0.2, 0.25) is 11.8 Å². The normalized spacial score (nSPS) is 25.8. The molecule has 1 saturated heterocycles. The van der Waals surface area contributed by atoms with Crippen molar-refractivity contribution in [2.45, 2.75) is 32.2 Å². The molecular formula is C15H22N2O3. The number of fused-ring (bicyclic) bond motifs is 1. The number of hydrogen-bond donors (Lipinski definition) is 0. The highest BCUT2D eigenvalue weighted by Gasteiger charge is 2.53. The molecule has 5 heteroatoms. The van der Waals surface area contributed by atoms with Crippen molar-refractivity contribution in [1.82, 2.24) is 4.90 Å². The van der Waals surface area contributed by atoms with Crippen LogP contribution in [0.25, 0.3) is 0 Å². The van der Waals surface area contributed by atoms with Crippen molar-refractivity contribution in [2.24, 2.45) is 10.9 Å². The molecule has 5 nitrogen and oxygen atoms in total. The molecule has 0 N–H and O–H groups in total. The van der Waals surface area contributed by atoms with Crippen molar-refractivity contribution < 1.29 is 14.3 Å². The third-order valence-electron chi connectivity index (χ3n) is 3.84. The van der Waals surface area contributed by atoms with Gasteiger partial charge in [-0.2, -0.15) is 0 Å². The van der Waals surface area contributed by atoms with Gasteiger partial charge in [0.1, 0.15) is 11.2 Å². The Morgan fingerprint density at radius 3 is 2.65 bits per heavy atom. The van der Waals surface area contributed by atoms with Crippen LogP contribution in [0, 0.1) is 5.92 Å². The van der Waals surface area contributed by atoms with Crippen LogP contribution in [0.5, 0.6) is 0 Å². The number of hydrogen-bond acceptors (Lipinski definition) is 5. The largest absolute Gasteiger partial charge is 0.482 e. The van der Waals surface area contributed by atoms with Crippen molar-refractivity contribution >= 4 is 11.7 Å². The van der Waals surface area contributed by atoms with Gasteiger partial charge in [-0.1, -0.05) is 19.9 Å². The van der Waals surface area contributed by atoms with Crippen molar-refractivity contribution in [3.05, 3.63) is 24.2 Å². The summed E-state index contributed by atoms with van der Waals surface area (Å²) in [6.07, 6.45) is 2.78. The van der Waals surface area contributed by atoms with Crippen LogP contribution in [0.4, 0.5) is 0 Å². The van der Waals surface area contributed by atoms with E-state index < -0.39 is 5.54 Å². The molecule has 2 rings (SSSR count). The molecule has 20 heavy (non-hydrogen) atoms. The Hall–Kier alpha value is -1.78. The number of carbonyl (C=O) groups is 1. The maximum Gasteiger partial charge on any atom is 0.215 e. The van der Waals surface area contributed by atoms with Crippen LogP contribution in [0.15, 0.2) is 29.2 Å². The van der Waals surface area contributed by atoms with E-state index in [1.54, 1.807) is 20.3 Å². The van der Waals surface area contributed by atoms with Gasteiger partial charge in [0.15, 0.2) is 5.78 Å². The summed E-state index contributed by atoms with van der Waals surface area (Å²) >= 11 is 0. The lowest BCUT2D eigenvalue weighted by molar-refractivity contribution is -0.117. The third-order valence-corrected chi connectivity index (χ3v) is 3.84. The molecule has 0 saturated carbocycles. The lowest BCUT2D eigenvalue weighted by Crippen LogP contribution is -2.53. The van der Waals surface area contributed by atoms with Crippen LogP contribution < -0.4 is 0 Å². The van der Waals surface area contributed by atoms with Gasteiger partial charge in [-0.05, 0) is 6.42 Å². The summed E-state index contributed by atoms with van der Waals surface area (Å²) in [6, 6.07) is 0. The van der Waals surface area contributed by atoms with Gasteiger partial charge >= 0.3 is 0 Å². The van der Waals surface area contributed by atoms with Crippen molar-refractivity contribution in [3.8, 4) is 0 Å². The second-order valence-electron chi connectivity index (χ2n) is 5.50. The lowest BCUT2D eigenvalue weighted by atomic mass is 9.89. The Labute approximate surface area is 120 Å². The molecule has 0 bridgehead atoms. The number of rotatable bonds is 4. The van der Waals surface area contributed by atoms with Gasteiger partial charge < -0.3 is 14.4 Å². The Balaban J connectivity index is 2.61. The molecule has 0 aliphatic carbocycles. The van der Waals surface area contributed by atoms with E-state index in [0.717, 1.165) is 5.70 Å². The zero-order valence-corrected chi connectivity index (χ0v) is 12.6. The van der Waals surface area contributed by atoms with Gasteiger partial charge in [-0.3, -0.25) is 4.79 Å². The molecule has 1 atom stereocenters. The zero-order valence-electron chi connectivity index (χ0n) is 12.6. The zero-order chi connectivity index (χ0) is 14.9. The Morgan fingerprint density at radius 2 is 2.15 bits per heavy atom. The standard InChI is InChI=1S/C15H22N2O3/c1-6-7-15-8-11(18)9-17(15)13(19-4)12(10(2)3)16-14(15)20-5/h6,10H,1,7-9H2,2-5H3. The van der Waals surface area contributed by atoms with Crippen molar-refractivity contribution in [2.75, 3.05) is 20.8 Å². The second-order valence-corrected chi connectivity index (χ2v) is 5.50. The SMILES string of the molecule is C=CCC12CC(=O)CN1C(OC)=C(C(C)C)N=C2OC. The van der Waals surface area contributed by atoms with Gasteiger partial charge in [-0.25, -0.2) is 4.99 Å². The van der Waals surface area contributed by atoms with Crippen LogP contribution in [-0.4, -0.2) is 42.9 Å². The van der Waals surface area contributed by atoms with E-state index in [1.807, 2.05) is 18.7 Å². The van der Waals surface area contributed by atoms with Gasteiger partial charge in [-0.15, -0.1) is 6.58 Å². The summed E-state index contributed by atoms with van der Waals surface area (Å²) in [4.78, 5) is 18.6. The molecule has 0 aromatic heterocycles. The molecule has 1 fully saturated rings. The first-order chi connectivity index (χ1) is 9.50. The predicted octanol–water partition coefficient (Wildman–Crippen LogP) is 2.11. The quantitative estimate of drug-likeness (QED) is 0.739. The number of ketones is 1. The third kappa shape index (κ3) is 2.01. The number of methoxy groups -OCH3 is 2. The number of Topliss-reactive ketones (excluding diaryl/α,β-unsaturated/α-hetero) is 1. The highest BCUT2D eigenvalue weighted by Crippen LogP contribution is 2.41. The first-order valence-corrected chi connectivity index (χ1v) is 6.81. The first kappa shape index (κ1) is 14.6. The molecule has 0 amide bonds. The molecule has 0 radical (unpaired) electrons. The number of allylic oxidation sites excluding steroid dienone is 1. The van der Waals surface area contributed by atoms with E-state index >= 15 is 0 Å². The molecule has 0 spiro atoms. The fourth-order valence-electron chi connectivity index (χ4n) is 3.00. The van der Waals surface area contributed by atoms with E-state index in [2.05, 4.69) is 11.6 Å². The average Bonchev–Trinajstić information content (AvgIpc) is 2.73. The van der Waals surface area contributed by atoms with E-state index in [1.165, 1.54) is 0 Å². The maximum atomic E-state index is 12.0. The topological polar surface area (TPSA) is 51.1 Å². The van der Waals surface area contributed by atoms with Crippen LogP contribution >= 0.6 is 0 Å². The van der Waals surface area contributed by atoms with Crippen LogP contribution in [0.1, 0.15) is 26.7 Å². The summed E-state index contributed by atoms with van der Waals surface area (Å²) in [7, 11) is 3.22.